The van der Waals surface area contributed by atoms with Gasteiger partial charge in [0.2, 0.25) is 0 Å². The number of aryl methyl sites for hydroxylation is 2. The lowest BCUT2D eigenvalue weighted by atomic mass is 10.1. The molecule has 2 heterocycles. The van der Waals surface area contributed by atoms with Gasteiger partial charge in [-0.3, -0.25) is 0 Å². The number of methoxy groups -OCH3 is 2. The summed E-state index contributed by atoms with van der Waals surface area (Å²) >= 11 is 0. The standard InChI is InChI=1S/C25H22N4O2/c1-30-19-11-7-17(8-12-19)15-16-29-24(18-9-13-20(31-2)14-10-18)28-23-25(29)27-22-6-4-3-5-21(22)26-23/h3-14H,15-16H2,1-2H3. The van der Waals surface area contributed by atoms with Crippen molar-refractivity contribution in [1.29, 1.82) is 0 Å². The van der Waals surface area contributed by atoms with Crippen molar-refractivity contribution in [3.8, 4) is 22.9 Å². The van der Waals surface area contributed by atoms with Crippen molar-refractivity contribution >= 4 is 22.3 Å². The summed E-state index contributed by atoms with van der Waals surface area (Å²) in [5, 5.41) is 0. The molecule has 0 saturated heterocycles. The second-order valence-corrected chi connectivity index (χ2v) is 7.27. The van der Waals surface area contributed by atoms with Crippen molar-refractivity contribution in [3.63, 3.8) is 0 Å². The molecule has 0 spiro atoms. The van der Waals surface area contributed by atoms with Crippen molar-refractivity contribution in [3.05, 3.63) is 78.4 Å². The molecule has 0 aliphatic heterocycles. The molecule has 5 aromatic rings. The molecule has 6 nitrogen and oxygen atoms in total. The highest BCUT2D eigenvalue weighted by Crippen LogP contribution is 2.27. The van der Waals surface area contributed by atoms with E-state index in [1.165, 1.54) is 5.56 Å². The fraction of sp³-hybridized carbons (Fsp3) is 0.160. The van der Waals surface area contributed by atoms with E-state index in [2.05, 4.69) is 16.7 Å². The molecule has 3 aromatic carbocycles. The van der Waals surface area contributed by atoms with Crippen molar-refractivity contribution in [2.24, 2.45) is 0 Å². The summed E-state index contributed by atoms with van der Waals surface area (Å²) in [6.07, 6.45) is 0.840. The molecule has 154 valence electrons. The molecule has 0 unspecified atom stereocenters. The lowest BCUT2D eigenvalue weighted by molar-refractivity contribution is 0.414. The maximum Gasteiger partial charge on any atom is 0.198 e. The fourth-order valence-corrected chi connectivity index (χ4v) is 3.70. The molecule has 5 rings (SSSR count). The molecule has 0 atom stereocenters. The van der Waals surface area contributed by atoms with Gasteiger partial charge < -0.3 is 14.0 Å². The zero-order valence-corrected chi connectivity index (χ0v) is 17.4. The van der Waals surface area contributed by atoms with E-state index in [1.807, 2.05) is 60.7 Å². The smallest absolute Gasteiger partial charge is 0.198 e. The van der Waals surface area contributed by atoms with Crippen LogP contribution in [-0.4, -0.2) is 33.7 Å². The maximum absolute atomic E-state index is 5.31. The zero-order valence-electron chi connectivity index (χ0n) is 17.4. The van der Waals surface area contributed by atoms with E-state index in [-0.39, 0.29) is 0 Å². The number of aromatic nitrogens is 4. The number of benzene rings is 3. The summed E-state index contributed by atoms with van der Waals surface area (Å²) in [4.78, 5) is 14.5. The number of nitrogens with zero attached hydrogens (tertiary/aromatic N) is 4. The first-order valence-corrected chi connectivity index (χ1v) is 10.2. The molecular weight excluding hydrogens is 388 g/mol. The highest BCUT2D eigenvalue weighted by Gasteiger charge is 2.16. The molecule has 0 saturated carbocycles. The Hall–Kier alpha value is -3.93. The van der Waals surface area contributed by atoms with Crippen LogP contribution in [0.2, 0.25) is 0 Å². The van der Waals surface area contributed by atoms with Crippen molar-refractivity contribution in [2.75, 3.05) is 14.2 Å². The van der Waals surface area contributed by atoms with Crippen LogP contribution >= 0.6 is 0 Å². The van der Waals surface area contributed by atoms with Gasteiger partial charge in [-0.2, -0.15) is 0 Å². The minimum atomic E-state index is 0.652. The third kappa shape index (κ3) is 3.68. The number of imidazole rings is 1. The number of hydrogen-bond donors (Lipinski definition) is 0. The molecule has 0 amide bonds. The quantitative estimate of drug-likeness (QED) is 0.398. The van der Waals surface area contributed by atoms with Crippen molar-refractivity contribution in [1.82, 2.24) is 19.5 Å². The largest absolute Gasteiger partial charge is 0.497 e. The minimum Gasteiger partial charge on any atom is -0.497 e. The Morgan fingerprint density at radius 3 is 1.97 bits per heavy atom. The van der Waals surface area contributed by atoms with E-state index >= 15 is 0 Å². The summed E-state index contributed by atoms with van der Waals surface area (Å²) < 4.78 is 12.7. The molecule has 6 heteroatoms. The average molecular weight is 410 g/mol. The highest BCUT2D eigenvalue weighted by molar-refractivity contribution is 5.84. The number of ether oxygens (including phenoxy) is 2. The van der Waals surface area contributed by atoms with Gasteiger partial charge in [-0.1, -0.05) is 24.3 Å². The van der Waals surface area contributed by atoms with Gasteiger partial charge in [0, 0.05) is 12.1 Å². The summed E-state index contributed by atoms with van der Waals surface area (Å²) in [6, 6.07) is 24.0. The van der Waals surface area contributed by atoms with Crippen LogP contribution in [0.1, 0.15) is 5.56 Å². The predicted octanol–water partition coefficient (Wildman–Crippen LogP) is 4.91. The van der Waals surface area contributed by atoms with Gasteiger partial charge >= 0.3 is 0 Å². The summed E-state index contributed by atoms with van der Waals surface area (Å²) in [6.45, 7) is 0.733. The van der Waals surface area contributed by atoms with E-state index < -0.39 is 0 Å². The number of para-hydroxylation sites is 2. The molecule has 0 aliphatic carbocycles. The highest BCUT2D eigenvalue weighted by atomic mass is 16.5. The topological polar surface area (TPSA) is 62.1 Å². The van der Waals surface area contributed by atoms with Crippen LogP contribution in [0, 0.1) is 0 Å². The Balaban J connectivity index is 1.60. The molecule has 0 bridgehead atoms. The third-order valence-electron chi connectivity index (χ3n) is 5.39. The monoisotopic (exact) mass is 410 g/mol. The predicted molar refractivity (Wildman–Crippen MR) is 122 cm³/mol. The number of fused-ring (bicyclic) bond motifs is 2. The van der Waals surface area contributed by atoms with Crippen LogP contribution in [0.4, 0.5) is 0 Å². The second-order valence-electron chi connectivity index (χ2n) is 7.27. The van der Waals surface area contributed by atoms with Gasteiger partial charge in [0.05, 0.1) is 25.3 Å². The number of rotatable bonds is 6. The van der Waals surface area contributed by atoms with Crippen LogP contribution in [0.5, 0.6) is 11.5 Å². The Bertz CT molecular complexity index is 1340. The molecule has 0 radical (unpaired) electrons. The molecule has 31 heavy (non-hydrogen) atoms. The molecule has 0 fully saturated rings. The Kier molecular flexibility index (Phi) is 4.96. The van der Waals surface area contributed by atoms with Crippen molar-refractivity contribution in [2.45, 2.75) is 13.0 Å². The summed E-state index contributed by atoms with van der Waals surface area (Å²) in [7, 11) is 3.34. The average Bonchev–Trinajstić information content (AvgIpc) is 3.18. The molecule has 0 N–H and O–H groups in total. The third-order valence-corrected chi connectivity index (χ3v) is 5.39. The van der Waals surface area contributed by atoms with E-state index in [9.17, 15) is 0 Å². The zero-order chi connectivity index (χ0) is 21.2. The van der Waals surface area contributed by atoms with Gasteiger partial charge in [0.1, 0.15) is 17.3 Å². The van der Waals surface area contributed by atoms with Crippen LogP contribution < -0.4 is 9.47 Å². The van der Waals surface area contributed by atoms with E-state index in [0.29, 0.717) is 5.65 Å². The van der Waals surface area contributed by atoms with Crippen LogP contribution in [-0.2, 0) is 13.0 Å². The van der Waals surface area contributed by atoms with Crippen molar-refractivity contribution < 1.29 is 9.47 Å². The maximum atomic E-state index is 5.31. The SMILES string of the molecule is COc1ccc(CCn2c(-c3ccc(OC)cc3)nc3nc4ccccc4nc32)cc1. The van der Waals surface area contributed by atoms with Crippen LogP contribution in [0.15, 0.2) is 72.8 Å². The molecule has 0 aliphatic rings. The van der Waals surface area contributed by atoms with E-state index in [1.54, 1.807) is 14.2 Å². The van der Waals surface area contributed by atoms with E-state index in [4.69, 9.17) is 24.4 Å². The first-order valence-electron chi connectivity index (χ1n) is 10.2. The molecule has 2 aromatic heterocycles. The van der Waals surface area contributed by atoms with Crippen LogP contribution in [0.3, 0.4) is 0 Å². The summed E-state index contributed by atoms with van der Waals surface area (Å²) in [5.74, 6) is 2.51. The van der Waals surface area contributed by atoms with Gasteiger partial charge in [0.25, 0.3) is 0 Å². The minimum absolute atomic E-state index is 0.652. The van der Waals surface area contributed by atoms with Gasteiger partial charge in [-0.25, -0.2) is 15.0 Å². The lowest BCUT2D eigenvalue weighted by Gasteiger charge is -2.10. The van der Waals surface area contributed by atoms with Crippen LogP contribution in [0.25, 0.3) is 33.7 Å². The second kappa shape index (κ2) is 8.07. The van der Waals surface area contributed by atoms with E-state index in [0.717, 1.165) is 52.5 Å². The van der Waals surface area contributed by atoms with Gasteiger partial charge in [0.15, 0.2) is 11.3 Å². The fourth-order valence-electron chi connectivity index (χ4n) is 3.70. The lowest BCUT2D eigenvalue weighted by Crippen LogP contribution is -2.05. The molecular formula is C25H22N4O2. The Labute approximate surface area is 180 Å². The first kappa shape index (κ1) is 19.1. The Morgan fingerprint density at radius 2 is 1.32 bits per heavy atom. The summed E-state index contributed by atoms with van der Waals surface area (Å²) in [5.41, 5.74) is 5.37. The Morgan fingerprint density at radius 1 is 0.710 bits per heavy atom. The first-order chi connectivity index (χ1) is 15.2. The van der Waals surface area contributed by atoms with Gasteiger partial charge in [-0.15, -0.1) is 0 Å². The normalized spacial score (nSPS) is 11.2. The number of hydrogen-bond acceptors (Lipinski definition) is 5. The van der Waals surface area contributed by atoms with Gasteiger partial charge in [-0.05, 0) is 60.5 Å².